The van der Waals surface area contributed by atoms with Crippen molar-refractivity contribution >= 4 is 11.8 Å². The summed E-state index contributed by atoms with van der Waals surface area (Å²) < 4.78 is 0. The van der Waals surface area contributed by atoms with Crippen molar-refractivity contribution in [2.45, 2.75) is 89.1 Å². The van der Waals surface area contributed by atoms with Crippen molar-refractivity contribution in [1.82, 2.24) is 9.80 Å². The van der Waals surface area contributed by atoms with Crippen LogP contribution in [0.2, 0.25) is 0 Å². The Balaban J connectivity index is 1.25. The van der Waals surface area contributed by atoms with Gasteiger partial charge in [-0.3, -0.25) is 9.59 Å². The van der Waals surface area contributed by atoms with E-state index >= 15 is 0 Å². The van der Waals surface area contributed by atoms with E-state index in [1.807, 2.05) is 0 Å². The molecule has 2 aliphatic heterocycles. The fraction of sp³-hybridized carbons (Fsp3) is 0.905. The summed E-state index contributed by atoms with van der Waals surface area (Å²) in [5, 5.41) is 0. The van der Waals surface area contributed by atoms with Crippen LogP contribution in [0.3, 0.4) is 0 Å². The van der Waals surface area contributed by atoms with Gasteiger partial charge in [0.05, 0.1) is 0 Å². The van der Waals surface area contributed by atoms with E-state index in [1.54, 1.807) is 0 Å². The molecular formula is C21H32N2O2. The highest BCUT2D eigenvalue weighted by atomic mass is 16.2. The van der Waals surface area contributed by atoms with Gasteiger partial charge in [-0.2, -0.15) is 0 Å². The molecule has 0 aromatic carbocycles. The summed E-state index contributed by atoms with van der Waals surface area (Å²) in [5.74, 6) is 2.22. The predicted octanol–water partition coefficient (Wildman–Crippen LogP) is 3.35. The molecule has 0 radical (unpaired) electrons. The number of rotatable bonds is 4. The molecule has 2 saturated heterocycles. The third-order valence-electron chi connectivity index (χ3n) is 8.18. The quantitative estimate of drug-likeness (QED) is 0.785. The molecule has 3 saturated carbocycles. The Morgan fingerprint density at radius 1 is 0.760 bits per heavy atom. The second kappa shape index (κ2) is 5.99. The molecule has 2 amide bonds. The minimum absolute atomic E-state index is 0.0299. The van der Waals surface area contributed by atoms with Crippen LogP contribution in [0.4, 0.5) is 0 Å². The van der Waals surface area contributed by atoms with Gasteiger partial charge in [0.15, 0.2) is 0 Å². The van der Waals surface area contributed by atoms with Crippen molar-refractivity contribution < 1.29 is 9.59 Å². The second-order valence-corrected chi connectivity index (χ2v) is 9.82. The SMILES string of the molecule is O=C(CC1(CC(=O)N2CC3CCC2C3)CCCC1)N1CC2CCC1C2. The summed E-state index contributed by atoms with van der Waals surface area (Å²) in [6.45, 7) is 1.98. The fourth-order valence-electron chi connectivity index (χ4n) is 6.85. The van der Waals surface area contributed by atoms with Crippen molar-refractivity contribution in [2.75, 3.05) is 13.1 Å². The highest BCUT2D eigenvalue weighted by molar-refractivity contribution is 5.81. The zero-order chi connectivity index (χ0) is 17.0. The molecule has 2 heterocycles. The number of amides is 2. The average Bonchev–Trinajstić information content (AvgIpc) is 3.39. The Kier molecular flexibility index (Phi) is 3.87. The van der Waals surface area contributed by atoms with Crippen LogP contribution in [-0.2, 0) is 9.59 Å². The first-order valence-electron chi connectivity index (χ1n) is 10.7. The normalized spacial score (nSPS) is 38.1. The molecule has 25 heavy (non-hydrogen) atoms. The summed E-state index contributed by atoms with van der Waals surface area (Å²) in [7, 11) is 0. The molecule has 5 aliphatic rings. The van der Waals surface area contributed by atoms with Gasteiger partial charge in [-0.15, -0.1) is 0 Å². The molecule has 0 N–H and O–H groups in total. The summed E-state index contributed by atoms with van der Waals surface area (Å²) in [6, 6.07) is 1.03. The number of nitrogens with zero attached hydrogens (tertiary/aromatic N) is 2. The summed E-state index contributed by atoms with van der Waals surface area (Å²) in [4.78, 5) is 30.4. The predicted molar refractivity (Wildman–Crippen MR) is 95.8 cm³/mol. The standard InChI is InChI=1S/C21H32N2O2/c24-19(22-13-15-3-5-17(22)9-15)11-21(7-1-2-8-21)12-20(25)23-14-16-4-6-18(23)10-16/h15-18H,1-14H2. The van der Waals surface area contributed by atoms with Crippen molar-refractivity contribution in [3.8, 4) is 0 Å². The van der Waals surface area contributed by atoms with Crippen LogP contribution in [0, 0.1) is 17.3 Å². The molecule has 4 nitrogen and oxygen atoms in total. The van der Waals surface area contributed by atoms with Crippen LogP contribution >= 0.6 is 0 Å². The van der Waals surface area contributed by atoms with Gasteiger partial charge in [0.1, 0.15) is 0 Å². The second-order valence-electron chi connectivity index (χ2n) is 9.82. The maximum Gasteiger partial charge on any atom is 0.223 e. The highest BCUT2D eigenvalue weighted by Crippen LogP contribution is 2.47. The van der Waals surface area contributed by atoms with Gasteiger partial charge >= 0.3 is 0 Å². The van der Waals surface area contributed by atoms with E-state index in [2.05, 4.69) is 9.80 Å². The summed E-state index contributed by atoms with van der Waals surface area (Å²) in [6.07, 6.45) is 13.3. The highest BCUT2D eigenvalue weighted by Gasteiger charge is 2.46. The van der Waals surface area contributed by atoms with Crippen LogP contribution in [-0.4, -0.2) is 46.8 Å². The maximum atomic E-state index is 13.0. The van der Waals surface area contributed by atoms with Crippen LogP contribution in [0.15, 0.2) is 0 Å². The molecule has 4 unspecified atom stereocenters. The maximum absolute atomic E-state index is 13.0. The van der Waals surface area contributed by atoms with Gasteiger partial charge < -0.3 is 9.80 Å². The van der Waals surface area contributed by atoms with Gasteiger partial charge in [0.25, 0.3) is 0 Å². The first-order valence-corrected chi connectivity index (χ1v) is 10.7. The van der Waals surface area contributed by atoms with Crippen molar-refractivity contribution in [2.24, 2.45) is 17.3 Å². The van der Waals surface area contributed by atoms with Gasteiger partial charge in [0.2, 0.25) is 11.8 Å². The molecule has 4 heteroatoms. The average molecular weight is 344 g/mol. The number of carbonyl (C=O) groups is 2. The molecule has 0 spiro atoms. The van der Waals surface area contributed by atoms with Crippen molar-refractivity contribution in [1.29, 1.82) is 0 Å². The Morgan fingerprint density at radius 2 is 1.24 bits per heavy atom. The van der Waals surface area contributed by atoms with E-state index in [0.717, 1.165) is 37.8 Å². The Bertz CT molecular complexity index is 524. The zero-order valence-corrected chi connectivity index (χ0v) is 15.4. The molecule has 4 atom stereocenters. The van der Waals surface area contributed by atoms with E-state index < -0.39 is 0 Å². The van der Waals surface area contributed by atoms with Crippen molar-refractivity contribution in [3.05, 3.63) is 0 Å². The summed E-state index contributed by atoms with van der Waals surface area (Å²) >= 11 is 0. The largest absolute Gasteiger partial charge is 0.339 e. The van der Waals surface area contributed by atoms with E-state index in [-0.39, 0.29) is 5.41 Å². The number of hydrogen-bond donors (Lipinski definition) is 0. The lowest BCUT2D eigenvalue weighted by Crippen LogP contribution is -2.43. The third-order valence-corrected chi connectivity index (χ3v) is 8.18. The molecule has 0 aromatic heterocycles. The zero-order valence-electron chi connectivity index (χ0n) is 15.4. The van der Waals surface area contributed by atoms with Gasteiger partial charge in [-0.05, 0) is 68.6 Å². The van der Waals surface area contributed by atoms with E-state index in [0.29, 0.717) is 36.7 Å². The van der Waals surface area contributed by atoms with Crippen LogP contribution < -0.4 is 0 Å². The molecular weight excluding hydrogens is 312 g/mol. The number of hydrogen-bond acceptors (Lipinski definition) is 2. The molecule has 4 bridgehead atoms. The topological polar surface area (TPSA) is 40.6 Å². The number of piperidine rings is 2. The molecule has 0 aromatic rings. The Hall–Kier alpha value is -1.06. The number of fused-ring (bicyclic) bond motifs is 4. The Labute approximate surface area is 151 Å². The van der Waals surface area contributed by atoms with E-state index in [4.69, 9.17) is 0 Å². The monoisotopic (exact) mass is 344 g/mol. The first-order chi connectivity index (χ1) is 12.1. The molecule has 3 aliphatic carbocycles. The van der Waals surface area contributed by atoms with Crippen LogP contribution in [0.5, 0.6) is 0 Å². The summed E-state index contributed by atoms with van der Waals surface area (Å²) in [5.41, 5.74) is -0.0299. The smallest absolute Gasteiger partial charge is 0.223 e. The van der Waals surface area contributed by atoms with Crippen LogP contribution in [0.25, 0.3) is 0 Å². The lowest BCUT2D eigenvalue weighted by molar-refractivity contribution is -0.139. The molecule has 138 valence electrons. The number of likely N-dealkylation sites (tertiary alicyclic amines) is 2. The lowest BCUT2D eigenvalue weighted by atomic mass is 9.78. The molecule has 5 rings (SSSR count). The van der Waals surface area contributed by atoms with Gasteiger partial charge in [-0.1, -0.05) is 12.8 Å². The third kappa shape index (κ3) is 2.80. The van der Waals surface area contributed by atoms with E-state index in [9.17, 15) is 9.59 Å². The lowest BCUT2D eigenvalue weighted by Gasteiger charge is -2.35. The van der Waals surface area contributed by atoms with E-state index in [1.165, 1.54) is 51.4 Å². The molecule has 5 fully saturated rings. The van der Waals surface area contributed by atoms with Crippen LogP contribution in [0.1, 0.15) is 77.0 Å². The number of carbonyl (C=O) groups excluding carboxylic acids is 2. The minimum Gasteiger partial charge on any atom is -0.339 e. The first kappa shape index (κ1) is 16.1. The Morgan fingerprint density at radius 3 is 1.60 bits per heavy atom. The minimum atomic E-state index is -0.0299. The van der Waals surface area contributed by atoms with Crippen molar-refractivity contribution in [3.63, 3.8) is 0 Å². The van der Waals surface area contributed by atoms with Gasteiger partial charge in [-0.25, -0.2) is 0 Å². The van der Waals surface area contributed by atoms with Gasteiger partial charge in [0, 0.05) is 38.0 Å². The fourth-order valence-corrected chi connectivity index (χ4v) is 6.85.